The van der Waals surface area contributed by atoms with Crippen LogP contribution in [0.5, 0.6) is 0 Å². The van der Waals surface area contributed by atoms with E-state index in [-0.39, 0.29) is 23.4 Å². The number of rotatable bonds is 4. The Morgan fingerprint density at radius 2 is 1.96 bits per heavy atom. The van der Waals surface area contributed by atoms with Gasteiger partial charge in [0.05, 0.1) is 0 Å². The number of amides is 2. The van der Waals surface area contributed by atoms with Gasteiger partial charge in [-0.2, -0.15) is 0 Å². The van der Waals surface area contributed by atoms with Crippen molar-refractivity contribution in [2.75, 3.05) is 26.2 Å². The zero-order valence-corrected chi connectivity index (χ0v) is 14.3. The number of aromatic amines is 2. The standard InChI is InChI=1S/C16H20N4O3S/c1-11(9-12-3-2-8-24-12)14(21)19-4-6-20(7-5-19)15(22)13-10-17-16(23)18-13/h2-3,8,10-11H,4-7,9H2,1H3,(H2,17,18,23). The monoisotopic (exact) mass is 348 g/mol. The molecule has 128 valence electrons. The van der Waals surface area contributed by atoms with E-state index < -0.39 is 5.69 Å². The molecule has 0 radical (unpaired) electrons. The lowest BCUT2D eigenvalue weighted by atomic mass is 10.0. The highest BCUT2D eigenvalue weighted by atomic mass is 32.1. The number of nitrogens with one attached hydrogen (secondary N) is 2. The highest BCUT2D eigenvalue weighted by molar-refractivity contribution is 7.09. The molecule has 0 aliphatic carbocycles. The quantitative estimate of drug-likeness (QED) is 0.861. The molecule has 2 amide bonds. The third-order valence-corrected chi connectivity index (χ3v) is 5.11. The fourth-order valence-electron chi connectivity index (χ4n) is 2.88. The van der Waals surface area contributed by atoms with Crippen LogP contribution in [0.25, 0.3) is 0 Å². The SMILES string of the molecule is CC(Cc1cccs1)C(=O)N1CCN(C(=O)c2c[nH]c(=O)[nH]2)CC1. The van der Waals surface area contributed by atoms with Gasteiger partial charge >= 0.3 is 5.69 Å². The Balaban J connectivity index is 1.53. The summed E-state index contributed by atoms with van der Waals surface area (Å²) >= 11 is 1.66. The molecular weight excluding hydrogens is 328 g/mol. The lowest BCUT2D eigenvalue weighted by Gasteiger charge is -2.35. The minimum Gasteiger partial charge on any atom is -0.339 e. The zero-order chi connectivity index (χ0) is 17.1. The average molecular weight is 348 g/mol. The summed E-state index contributed by atoms with van der Waals surface area (Å²) < 4.78 is 0. The molecule has 1 aliphatic rings. The van der Waals surface area contributed by atoms with E-state index in [0.717, 1.165) is 6.42 Å². The van der Waals surface area contributed by atoms with E-state index in [1.165, 1.54) is 11.1 Å². The largest absolute Gasteiger partial charge is 0.339 e. The third kappa shape index (κ3) is 3.59. The third-order valence-electron chi connectivity index (χ3n) is 4.21. The minimum absolute atomic E-state index is 0.0630. The van der Waals surface area contributed by atoms with Gasteiger partial charge in [0.2, 0.25) is 5.91 Å². The van der Waals surface area contributed by atoms with Crippen molar-refractivity contribution in [2.45, 2.75) is 13.3 Å². The first-order valence-electron chi connectivity index (χ1n) is 7.92. The molecule has 1 atom stereocenters. The van der Waals surface area contributed by atoms with E-state index in [9.17, 15) is 14.4 Å². The maximum absolute atomic E-state index is 12.5. The van der Waals surface area contributed by atoms with Crippen molar-refractivity contribution in [2.24, 2.45) is 5.92 Å². The number of thiophene rings is 1. The van der Waals surface area contributed by atoms with Crippen LogP contribution in [0.3, 0.4) is 0 Å². The highest BCUT2D eigenvalue weighted by Crippen LogP contribution is 2.17. The Morgan fingerprint density at radius 1 is 1.25 bits per heavy atom. The molecule has 0 spiro atoms. The Bertz CT molecular complexity index is 756. The number of hydrogen-bond donors (Lipinski definition) is 2. The Hall–Kier alpha value is -2.35. The van der Waals surface area contributed by atoms with Gasteiger partial charge < -0.3 is 19.8 Å². The molecule has 2 aromatic heterocycles. The van der Waals surface area contributed by atoms with Crippen molar-refractivity contribution in [3.05, 3.63) is 44.8 Å². The normalized spacial score (nSPS) is 16.2. The summed E-state index contributed by atoms with van der Waals surface area (Å²) in [6.07, 6.45) is 2.13. The van der Waals surface area contributed by atoms with Crippen LogP contribution in [0.1, 0.15) is 22.3 Å². The van der Waals surface area contributed by atoms with E-state index in [4.69, 9.17) is 0 Å². The van der Waals surface area contributed by atoms with Crippen molar-refractivity contribution in [1.29, 1.82) is 0 Å². The molecule has 1 fully saturated rings. The lowest BCUT2D eigenvalue weighted by Crippen LogP contribution is -2.52. The molecule has 1 aliphatic heterocycles. The van der Waals surface area contributed by atoms with Gasteiger partial charge in [-0.15, -0.1) is 11.3 Å². The van der Waals surface area contributed by atoms with Gasteiger partial charge in [0.15, 0.2) is 0 Å². The summed E-state index contributed by atoms with van der Waals surface area (Å²) in [7, 11) is 0. The molecule has 0 aromatic carbocycles. The zero-order valence-electron chi connectivity index (χ0n) is 13.4. The van der Waals surface area contributed by atoms with Crippen LogP contribution in [0.2, 0.25) is 0 Å². The Labute approximate surface area is 143 Å². The predicted molar refractivity (Wildman–Crippen MR) is 91.1 cm³/mol. The number of piperazine rings is 1. The first kappa shape index (κ1) is 16.5. The van der Waals surface area contributed by atoms with Gasteiger partial charge in [-0.1, -0.05) is 13.0 Å². The fraction of sp³-hybridized carbons (Fsp3) is 0.438. The first-order valence-corrected chi connectivity index (χ1v) is 8.80. The minimum atomic E-state index is -0.394. The second-order valence-electron chi connectivity index (χ2n) is 5.96. The number of carbonyl (C=O) groups is 2. The summed E-state index contributed by atoms with van der Waals surface area (Å²) in [6, 6.07) is 4.04. The summed E-state index contributed by atoms with van der Waals surface area (Å²) in [5.74, 6) is -0.149. The van der Waals surface area contributed by atoms with Crippen molar-refractivity contribution in [1.82, 2.24) is 19.8 Å². The van der Waals surface area contributed by atoms with Crippen molar-refractivity contribution < 1.29 is 9.59 Å². The number of imidazole rings is 1. The van der Waals surface area contributed by atoms with Crippen LogP contribution >= 0.6 is 11.3 Å². The summed E-state index contributed by atoms with van der Waals surface area (Å²) in [4.78, 5) is 45.5. The van der Waals surface area contributed by atoms with Crippen LogP contribution in [-0.4, -0.2) is 57.8 Å². The van der Waals surface area contributed by atoms with Crippen LogP contribution in [-0.2, 0) is 11.2 Å². The Morgan fingerprint density at radius 3 is 2.54 bits per heavy atom. The second kappa shape index (κ2) is 7.04. The van der Waals surface area contributed by atoms with E-state index >= 15 is 0 Å². The predicted octanol–water partition coefficient (Wildman–Crippen LogP) is 0.928. The van der Waals surface area contributed by atoms with Gasteiger partial charge in [0.25, 0.3) is 5.91 Å². The fourth-order valence-corrected chi connectivity index (χ4v) is 3.71. The topological polar surface area (TPSA) is 89.3 Å². The van der Waals surface area contributed by atoms with Crippen LogP contribution < -0.4 is 5.69 Å². The number of nitrogens with zero attached hydrogens (tertiary/aromatic N) is 2. The first-order chi connectivity index (χ1) is 11.5. The molecule has 7 nitrogen and oxygen atoms in total. The highest BCUT2D eigenvalue weighted by Gasteiger charge is 2.28. The average Bonchev–Trinajstić information content (AvgIpc) is 3.25. The van der Waals surface area contributed by atoms with Gasteiger partial charge in [0, 0.05) is 43.2 Å². The van der Waals surface area contributed by atoms with Gasteiger partial charge in [0.1, 0.15) is 5.69 Å². The number of aromatic nitrogens is 2. The lowest BCUT2D eigenvalue weighted by molar-refractivity contribution is -0.136. The number of carbonyl (C=O) groups excluding carboxylic acids is 2. The van der Waals surface area contributed by atoms with Crippen LogP contribution in [0.4, 0.5) is 0 Å². The van der Waals surface area contributed by atoms with Crippen molar-refractivity contribution >= 4 is 23.2 Å². The maximum atomic E-state index is 12.5. The molecule has 2 N–H and O–H groups in total. The smallest absolute Gasteiger partial charge is 0.323 e. The van der Waals surface area contributed by atoms with Crippen molar-refractivity contribution in [3.63, 3.8) is 0 Å². The molecule has 3 rings (SSSR count). The maximum Gasteiger partial charge on any atom is 0.323 e. The van der Waals surface area contributed by atoms with Gasteiger partial charge in [-0.25, -0.2) is 4.79 Å². The molecule has 1 unspecified atom stereocenters. The van der Waals surface area contributed by atoms with Crippen LogP contribution in [0, 0.1) is 5.92 Å². The van der Waals surface area contributed by atoms with E-state index in [2.05, 4.69) is 9.97 Å². The molecule has 3 heterocycles. The van der Waals surface area contributed by atoms with Crippen molar-refractivity contribution in [3.8, 4) is 0 Å². The number of hydrogen-bond acceptors (Lipinski definition) is 4. The molecular formula is C16H20N4O3S. The number of H-pyrrole nitrogens is 2. The molecule has 2 aromatic rings. The molecule has 1 saturated heterocycles. The summed E-state index contributed by atoms with van der Waals surface area (Å²) in [5.41, 5.74) is -0.139. The van der Waals surface area contributed by atoms with Gasteiger partial charge in [-0.05, 0) is 17.9 Å². The van der Waals surface area contributed by atoms with Crippen LogP contribution in [0.15, 0.2) is 28.5 Å². The molecule has 8 heteroatoms. The summed E-state index contributed by atoms with van der Waals surface area (Å²) in [5, 5.41) is 2.02. The summed E-state index contributed by atoms with van der Waals surface area (Å²) in [6.45, 7) is 3.94. The Kier molecular flexibility index (Phi) is 4.84. The van der Waals surface area contributed by atoms with E-state index in [0.29, 0.717) is 26.2 Å². The molecule has 0 bridgehead atoms. The van der Waals surface area contributed by atoms with Gasteiger partial charge in [-0.3, -0.25) is 9.59 Å². The van der Waals surface area contributed by atoms with E-state index in [1.807, 2.05) is 29.3 Å². The molecule has 24 heavy (non-hydrogen) atoms. The van der Waals surface area contributed by atoms with E-state index in [1.54, 1.807) is 16.2 Å². The molecule has 0 saturated carbocycles. The second-order valence-corrected chi connectivity index (χ2v) is 6.99.